The second kappa shape index (κ2) is 15.7. The first-order valence-corrected chi connectivity index (χ1v) is 15.9. The van der Waals surface area contributed by atoms with Crippen molar-refractivity contribution in [2.24, 2.45) is 5.92 Å². The van der Waals surface area contributed by atoms with Crippen molar-refractivity contribution >= 4 is 11.6 Å². The SMILES string of the molecule is COCCCN1CCOc2ccc(CO[C@H]3CN[C@@H](CC(C)C(=O)NCC4CCCO4)C[C@@H]3c3ccc(OC)cc3)cc21. The molecule has 2 aromatic rings. The molecule has 0 radical (unpaired) electrons. The van der Waals surface area contributed by atoms with Crippen molar-refractivity contribution in [3.8, 4) is 11.5 Å². The van der Waals surface area contributed by atoms with Crippen LogP contribution in [0.2, 0.25) is 0 Å². The molecule has 5 atom stereocenters. The predicted octanol–water partition coefficient (Wildman–Crippen LogP) is 4.28. The molecule has 9 nitrogen and oxygen atoms in total. The minimum Gasteiger partial charge on any atom is -0.497 e. The largest absolute Gasteiger partial charge is 0.497 e. The number of carbonyl (C=O) groups excluding carboxylic acids is 1. The van der Waals surface area contributed by atoms with Gasteiger partial charge in [0.15, 0.2) is 0 Å². The smallest absolute Gasteiger partial charge is 0.222 e. The first-order valence-electron chi connectivity index (χ1n) is 15.9. The molecule has 3 aliphatic rings. The summed E-state index contributed by atoms with van der Waals surface area (Å²) in [6, 6.07) is 14.9. The number of hydrogen-bond acceptors (Lipinski definition) is 8. The monoisotopic (exact) mass is 595 g/mol. The number of hydrogen-bond donors (Lipinski definition) is 2. The normalized spacial score (nSPS) is 24.2. The van der Waals surface area contributed by atoms with E-state index in [9.17, 15) is 4.79 Å². The van der Waals surface area contributed by atoms with Crippen molar-refractivity contribution in [1.82, 2.24) is 10.6 Å². The van der Waals surface area contributed by atoms with Gasteiger partial charge < -0.3 is 39.2 Å². The number of fused-ring (bicyclic) bond motifs is 1. The summed E-state index contributed by atoms with van der Waals surface area (Å²) >= 11 is 0. The summed E-state index contributed by atoms with van der Waals surface area (Å²) in [5.41, 5.74) is 3.49. The lowest BCUT2D eigenvalue weighted by atomic mass is 9.81. The van der Waals surface area contributed by atoms with Gasteiger partial charge in [0.25, 0.3) is 0 Å². The summed E-state index contributed by atoms with van der Waals surface area (Å²) in [7, 11) is 3.43. The number of piperidine rings is 1. The van der Waals surface area contributed by atoms with Crippen molar-refractivity contribution in [2.45, 2.75) is 69.8 Å². The van der Waals surface area contributed by atoms with E-state index in [1.165, 1.54) is 5.56 Å². The van der Waals surface area contributed by atoms with Crippen molar-refractivity contribution < 1.29 is 28.5 Å². The van der Waals surface area contributed by atoms with E-state index < -0.39 is 0 Å². The fraction of sp³-hybridized carbons (Fsp3) is 0.618. The number of ether oxygens (including phenoxy) is 5. The highest BCUT2D eigenvalue weighted by Gasteiger charge is 2.34. The van der Waals surface area contributed by atoms with Gasteiger partial charge in [-0.1, -0.05) is 25.1 Å². The van der Waals surface area contributed by atoms with Gasteiger partial charge in [0.2, 0.25) is 5.91 Å². The van der Waals surface area contributed by atoms with Gasteiger partial charge >= 0.3 is 0 Å². The molecule has 2 fully saturated rings. The third kappa shape index (κ3) is 8.62. The fourth-order valence-corrected chi connectivity index (χ4v) is 6.49. The molecule has 2 unspecified atom stereocenters. The van der Waals surface area contributed by atoms with Crippen LogP contribution in [0.25, 0.3) is 0 Å². The third-order valence-corrected chi connectivity index (χ3v) is 8.98. The predicted molar refractivity (Wildman–Crippen MR) is 167 cm³/mol. The van der Waals surface area contributed by atoms with E-state index in [-0.39, 0.29) is 36.0 Å². The summed E-state index contributed by atoms with van der Waals surface area (Å²) in [6.07, 6.45) is 4.90. The Hall–Kier alpha value is -2.85. The Morgan fingerprint density at radius 1 is 1.16 bits per heavy atom. The number of carbonyl (C=O) groups is 1. The quantitative estimate of drug-likeness (QED) is 0.313. The van der Waals surface area contributed by atoms with Crippen molar-refractivity contribution in [2.75, 3.05) is 65.1 Å². The van der Waals surface area contributed by atoms with Gasteiger partial charge in [-0.05, 0) is 67.5 Å². The number of anilines is 1. The average Bonchev–Trinajstić information content (AvgIpc) is 3.57. The Kier molecular flexibility index (Phi) is 11.6. The summed E-state index contributed by atoms with van der Waals surface area (Å²) < 4.78 is 28.9. The molecule has 0 aromatic heterocycles. The van der Waals surface area contributed by atoms with Gasteiger partial charge in [-0.2, -0.15) is 0 Å². The zero-order chi connectivity index (χ0) is 30.0. The topological polar surface area (TPSA) is 90.5 Å². The van der Waals surface area contributed by atoms with Crippen LogP contribution in [0, 0.1) is 5.92 Å². The van der Waals surface area contributed by atoms with E-state index in [0.717, 1.165) is 87.7 Å². The number of amides is 1. The van der Waals surface area contributed by atoms with Crippen LogP contribution in [0.5, 0.6) is 11.5 Å². The lowest BCUT2D eigenvalue weighted by molar-refractivity contribution is -0.125. The van der Waals surface area contributed by atoms with E-state index in [1.807, 2.05) is 19.1 Å². The Balaban J connectivity index is 1.22. The number of rotatable bonds is 14. The molecule has 0 bridgehead atoms. The second-order valence-electron chi connectivity index (χ2n) is 12.1. The zero-order valence-corrected chi connectivity index (χ0v) is 26.0. The van der Waals surface area contributed by atoms with Gasteiger partial charge in [0.1, 0.15) is 18.1 Å². The van der Waals surface area contributed by atoms with Gasteiger partial charge in [-0.25, -0.2) is 0 Å². The number of methoxy groups -OCH3 is 2. The van der Waals surface area contributed by atoms with Crippen LogP contribution >= 0.6 is 0 Å². The van der Waals surface area contributed by atoms with Gasteiger partial charge in [-0.15, -0.1) is 0 Å². The van der Waals surface area contributed by atoms with E-state index in [4.69, 9.17) is 23.7 Å². The minimum absolute atomic E-state index is 0.00150. The van der Waals surface area contributed by atoms with Crippen molar-refractivity contribution in [3.63, 3.8) is 0 Å². The third-order valence-electron chi connectivity index (χ3n) is 8.98. The Bertz CT molecular complexity index is 1160. The molecule has 1 amide bonds. The van der Waals surface area contributed by atoms with E-state index in [1.54, 1.807) is 14.2 Å². The summed E-state index contributed by atoms with van der Waals surface area (Å²) in [5.74, 6) is 1.99. The first-order chi connectivity index (χ1) is 21.0. The maximum absolute atomic E-state index is 12.9. The molecule has 236 valence electrons. The molecule has 0 spiro atoms. The molecule has 43 heavy (non-hydrogen) atoms. The molecule has 0 aliphatic carbocycles. The van der Waals surface area contributed by atoms with E-state index in [0.29, 0.717) is 19.8 Å². The maximum Gasteiger partial charge on any atom is 0.222 e. The van der Waals surface area contributed by atoms with Crippen LogP contribution in [0.3, 0.4) is 0 Å². The van der Waals surface area contributed by atoms with Crippen LogP contribution < -0.4 is 25.0 Å². The number of nitrogens with zero attached hydrogens (tertiary/aromatic N) is 1. The Morgan fingerprint density at radius 2 is 2.02 bits per heavy atom. The number of nitrogens with one attached hydrogen (secondary N) is 2. The average molecular weight is 596 g/mol. The number of benzene rings is 2. The molecule has 3 heterocycles. The molecule has 0 saturated carbocycles. The summed E-state index contributed by atoms with van der Waals surface area (Å²) in [5, 5.41) is 6.81. The standard InChI is InChI=1S/C34H49N3O6/c1-24(34(38)36-21-29-6-4-16-41-29)18-27-20-30(26-8-10-28(40-3)11-9-26)33(22-35-27)43-23-25-7-12-32-31(19-25)37(14-17-42-32)13-5-15-39-2/h7-12,19,24,27,29-30,33,35H,4-6,13-18,20-23H2,1-3H3,(H,36,38)/t24?,27-,29?,30+,33-/m0/s1. The summed E-state index contributed by atoms with van der Waals surface area (Å²) in [4.78, 5) is 15.2. The second-order valence-corrected chi connectivity index (χ2v) is 12.1. The minimum atomic E-state index is -0.0857. The molecule has 3 aliphatic heterocycles. The van der Waals surface area contributed by atoms with Crippen LogP contribution in [0.1, 0.15) is 56.1 Å². The summed E-state index contributed by atoms with van der Waals surface area (Å²) in [6.45, 7) is 7.92. The van der Waals surface area contributed by atoms with Crippen molar-refractivity contribution in [3.05, 3.63) is 53.6 Å². The van der Waals surface area contributed by atoms with Crippen LogP contribution in [-0.4, -0.2) is 84.4 Å². The lowest BCUT2D eigenvalue weighted by Gasteiger charge is -2.38. The highest BCUT2D eigenvalue weighted by Crippen LogP contribution is 2.35. The Labute approximate surface area is 256 Å². The Morgan fingerprint density at radius 3 is 2.79 bits per heavy atom. The zero-order valence-electron chi connectivity index (χ0n) is 26.0. The van der Waals surface area contributed by atoms with Crippen molar-refractivity contribution in [1.29, 1.82) is 0 Å². The van der Waals surface area contributed by atoms with Crippen LogP contribution in [0.4, 0.5) is 5.69 Å². The highest BCUT2D eigenvalue weighted by atomic mass is 16.5. The van der Waals surface area contributed by atoms with Gasteiger partial charge in [0.05, 0.1) is 38.2 Å². The van der Waals surface area contributed by atoms with Gasteiger partial charge in [0, 0.05) is 57.8 Å². The highest BCUT2D eigenvalue weighted by molar-refractivity contribution is 5.78. The van der Waals surface area contributed by atoms with E-state index in [2.05, 4.69) is 45.9 Å². The molecular weight excluding hydrogens is 546 g/mol. The van der Waals surface area contributed by atoms with E-state index >= 15 is 0 Å². The van der Waals surface area contributed by atoms with Gasteiger partial charge in [-0.3, -0.25) is 4.79 Å². The molecule has 2 N–H and O–H groups in total. The molecule has 9 heteroatoms. The molecule has 2 aromatic carbocycles. The van der Waals surface area contributed by atoms with Crippen LogP contribution in [-0.2, 0) is 25.6 Å². The first kappa shape index (κ1) is 31.6. The maximum atomic E-state index is 12.9. The molecule has 5 rings (SSSR count). The lowest BCUT2D eigenvalue weighted by Crippen LogP contribution is -2.48. The van der Waals surface area contributed by atoms with Crippen LogP contribution in [0.15, 0.2) is 42.5 Å². The molecular formula is C34H49N3O6. The molecule has 2 saturated heterocycles. The fourth-order valence-electron chi connectivity index (χ4n) is 6.49.